The van der Waals surface area contributed by atoms with Gasteiger partial charge >= 0.3 is 0 Å². The standard InChI is InChI=1S/C21H28N2O3/c1-14(21-10-15-7-16(11-21)9-17(8-15)12-21)22-23-20(24)13-26-19-5-3-18(25-2)4-6-19/h3-6,15-17H,7-13H2,1-2H3,(H,23,24)/b22-14-. The van der Waals surface area contributed by atoms with Crippen molar-refractivity contribution in [3.63, 3.8) is 0 Å². The Labute approximate surface area is 155 Å². The molecule has 0 radical (unpaired) electrons. The number of nitrogens with zero attached hydrogens (tertiary/aromatic N) is 1. The van der Waals surface area contributed by atoms with Crippen molar-refractivity contribution in [2.45, 2.75) is 45.4 Å². The highest BCUT2D eigenvalue weighted by Gasteiger charge is 2.52. The van der Waals surface area contributed by atoms with E-state index in [2.05, 4.69) is 17.5 Å². The minimum Gasteiger partial charge on any atom is -0.497 e. The highest BCUT2D eigenvalue weighted by molar-refractivity contribution is 5.90. The number of methoxy groups -OCH3 is 1. The summed E-state index contributed by atoms with van der Waals surface area (Å²) in [6, 6.07) is 7.19. The third-order valence-corrected chi connectivity index (χ3v) is 6.58. The van der Waals surface area contributed by atoms with E-state index in [-0.39, 0.29) is 17.9 Å². The molecule has 4 saturated carbocycles. The average molecular weight is 356 g/mol. The van der Waals surface area contributed by atoms with Crippen LogP contribution >= 0.6 is 0 Å². The Kier molecular flexibility index (Phi) is 4.63. The first-order chi connectivity index (χ1) is 12.6. The summed E-state index contributed by atoms with van der Waals surface area (Å²) in [7, 11) is 1.62. The van der Waals surface area contributed by atoms with Crippen LogP contribution in [0.4, 0.5) is 0 Å². The molecular weight excluding hydrogens is 328 g/mol. The van der Waals surface area contributed by atoms with Gasteiger partial charge in [-0.25, -0.2) is 5.43 Å². The zero-order valence-corrected chi connectivity index (χ0v) is 15.7. The van der Waals surface area contributed by atoms with Crippen LogP contribution in [0.1, 0.15) is 45.4 Å². The van der Waals surface area contributed by atoms with Crippen LogP contribution in [0.15, 0.2) is 29.4 Å². The lowest BCUT2D eigenvalue weighted by atomic mass is 9.48. The zero-order valence-electron chi connectivity index (χ0n) is 15.7. The zero-order chi connectivity index (χ0) is 18.1. The van der Waals surface area contributed by atoms with E-state index in [4.69, 9.17) is 9.47 Å². The predicted octanol–water partition coefficient (Wildman–Crippen LogP) is 3.78. The first-order valence-electron chi connectivity index (χ1n) is 9.67. The molecule has 1 aromatic carbocycles. The Bertz CT molecular complexity index is 660. The van der Waals surface area contributed by atoms with Gasteiger partial charge in [0.1, 0.15) is 11.5 Å². The van der Waals surface area contributed by atoms with E-state index in [9.17, 15) is 4.79 Å². The maximum atomic E-state index is 12.1. The number of hydrogen-bond donors (Lipinski definition) is 1. The number of carbonyl (C=O) groups excluding carboxylic acids is 1. The van der Waals surface area contributed by atoms with Crippen LogP contribution in [-0.2, 0) is 4.79 Å². The fraction of sp³-hybridized carbons (Fsp3) is 0.619. The molecule has 5 heteroatoms. The summed E-state index contributed by atoms with van der Waals surface area (Å²) < 4.78 is 10.6. The molecule has 0 heterocycles. The molecule has 4 bridgehead atoms. The van der Waals surface area contributed by atoms with Gasteiger partial charge < -0.3 is 9.47 Å². The van der Waals surface area contributed by atoms with Crippen molar-refractivity contribution in [1.29, 1.82) is 0 Å². The molecule has 4 fully saturated rings. The Morgan fingerprint density at radius 2 is 1.62 bits per heavy atom. The summed E-state index contributed by atoms with van der Waals surface area (Å²) in [6.07, 6.45) is 8.00. The summed E-state index contributed by atoms with van der Waals surface area (Å²) in [6.45, 7) is 2.06. The fourth-order valence-electron chi connectivity index (χ4n) is 5.67. The second kappa shape index (κ2) is 6.93. The largest absolute Gasteiger partial charge is 0.497 e. The third-order valence-electron chi connectivity index (χ3n) is 6.58. The Morgan fingerprint density at radius 3 is 2.15 bits per heavy atom. The van der Waals surface area contributed by atoms with Crippen LogP contribution in [0.5, 0.6) is 11.5 Å². The molecule has 5 rings (SSSR count). The fourth-order valence-corrected chi connectivity index (χ4v) is 5.67. The maximum Gasteiger partial charge on any atom is 0.277 e. The predicted molar refractivity (Wildman–Crippen MR) is 100 cm³/mol. The number of amides is 1. The van der Waals surface area contributed by atoms with Crippen LogP contribution in [0.2, 0.25) is 0 Å². The number of benzene rings is 1. The van der Waals surface area contributed by atoms with Gasteiger partial charge in [0.2, 0.25) is 0 Å². The van der Waals surface area contributed by atoms with Crippen LogP contribution in [-0.4, -0.2) is 25.3 Å². The first-order valence-corrected chi connectivity index (χ1v) is 9.67. The molecule has 0 atom stereocenters. The number of nitrogens with one attached hydrogen (secondary N) is 1. The van der Waals surface area contributed by atoms with E-state index in [1.54, 1.807) is 19.2 Å². The molecule has 26 heavy (non-hydrogen) atoms. The average Bonchev–Trinajstić information content (AvgIpc) is 2.63. The minimum atomic E-state index is -0.218. The molecule has 4 aliphatic carbocycles. The van der Waals surface area contributed by atoms with E-state index in [0.717, 1.165) is 29.2 Å². The van der Waals surface area contributed by atoms with Crippen LogP contribution in [0.25, 0.3) is 0 Å². The number of carbonyl (C=O) groups is 1. The lowest BCUT2D eigenvalue weighted by Gasteiger charge is -2.56. The van der Waals surface area contributed by atoms with Crippen molar-refractivity contribution >= 4 is 11.6 Å². The van der Waals surface area contributed by atoms with Crippen molar-refractivity contribution < 1.29 is 14.3 Å². The van der Waals surface area contributed by atoms with E-state index >= 15 is 0 Å². The molecule has 1 aromatic rings. The molecule has 0 spiro atoms. The van der Waals surface area contributed by atoms with Gasteiger partial charge in [0.25, 0.3) is 5.91 Å². The molecular formula is C21H28N2O3. The van der Waals surface area contributed by atoms with E-state index < -0.39 is 0 Å². The van der Waals surface area contributed by atoms with Crippen LogP contribution < -0.4 is 14.9 Å². The summed E-state index contributed by atoms with van der Waals surface area (Å²) in [5, 5.41) is 4.47. The van der Waals surface area contributed by atoms with Gasteiger partial charge in [-0.2, -0.15) is 5.10 Å². The van der Waals surface area contributed by atoms with Gasteiger partial charge in [0.15, 0.2) is 6.61 Å². The highest BCUT2D eigenvalue weighted by atomic mass is 16.5. The lowest BCUT2D eigenvalue weighted by Crippen LogP contribution is -2.49. The van der Waals surface area contributed by atoms with Gasteiger partial charge in [0.05, 0.1) is 7.11 Å². The Hall–Kier alpha value is -2.04. The summed E-state index contributed by atoms with van der Waals surface area (Å²) >= 11 is 0. The second-order valence-corrected chi connectivity index (χ2v) is 8.39. The van der Waals surface area contributed by atoms with E-state index in [0.29, 0.717) is 5.75 Å². The van der Waals surface area contributed by atoms with Gasteiger partial charge in [-0.3, -0.25) is 4.79 Å². The van der Waals surface area contributed by atoms with Crippen LogP contribution in [0.3, 0.4) is 0 Å². The van der Waals surface area contributed by atoms with Gasteiger partial charge in [-0.05, 0) is 87.5 Å². The lowest BCUT2D eigenvalue weighted by molar-refractivity contribution is -0.123. The van der Waals surface area contributed by atoms with Crippen LogP contribution in [0, 0.1) is 23.2 Å². The normalized spacial score (nSPS) is 32.4. The summed E-state index contributed by atoms with van der Waals surface area (Å²) in [5.41, 5.74) is 4.04. The molecule has 1 N–H and O–H groups in total. The number of ether oxygens (including phenoxy) is 2. The van der Waals surface area contributed by atoms with E-state index in [1.165, 1.54) is 38.5 Å². The molecule has 1 amide bonds. The van der Waals surface area contributed by atoms with Gasteiger partial charge in [0, 0.05) is 11.1 Å². The highest BCUT2D eigenvalue weighted by Crippen LogP contribution is 2.60. The smallest absolute Gasteiger partial charge is 0.277 e. The number of hydrazone groups is 1. The van der Waals surface area contributed by atoms with Crippen molar-refractivity contribution in [2.24, 2.45) is 28.3 Å². The number of hydrogen-bond acceptors (Lipinski definition) is 4. The first kappa shape index (κ1) is 17.4. The quantitative estimate of drug-likeness (QED) is 0.623. The maximum absolute atomic E-state index is 12.1. The summed E-state index contributed by atoms with van der Waals surface area (Å²) in [4.78, 5) is 12.1. The number of rotatable bonds is 6. The molecule has 0 aromatic heterocycles. The molecule has 0 unspecified atom stereocenters. The van der Waals surface area contributed by atoms with Crippen molar-refractivity contribution in [1.82, 2.24) is 5.43 Å². The third kappa shape index (κ3) is 3.44. The summed E-state index contributed by atoms with van der Waals surface area (Å²) in [5.74, 6) is 3.81. The Morgan fingerprint density at radius 1 is 1.08 bits per heavy atom. The van der Waals surface area contributed by atoms with Gasteiger partial charge in [-0.15, -0.1) is 0 Å². The Balaban J connectivity index is 1.31. The second-order valence-electron chi connectivity index (χ2n) is 8.39. The molecule has 5 nitrogen and oxygen atoms in total. The molecule has 4 aliphatic rings. The van der Waals surface area contributed by atoms with Crippen molar-refractivity contribution in [3.8, 4) is 11.5 Å². The van der Waals surface area contributed by atoms with E-state index in [1.807, 2.05) is 12.1 Å². The SMILES string of the molecule is COc1ccc(OCC(=O)N/N=C(/C)C23CC4CC(CC(C4)C2)C3)cc1. The molecule has 140 valence electrons. The van der Waals surface area contributed by atoms with Crippen molar-refractivity contribution in [2.75, 3.05) is 13.7 Å². The molecule has 0 saturated heterocycles. The topological polar surface area (TPSA) is 59.9 Å². The van der Waals surface area contributed by atoms with Gasteiger partial charge in [-0.1, -0.05) is 0 Å². The monoisotopic (exact) mass is 356 g/mol. The molecule has 0 aliphatic heterocycles. The van der Waals surface area contributed by atoms with Crippen molar-refractivity contribution in [3.05, 3.63) is 24.3 Å². The minimum absolute atomic E-state index is 0.0377.